The third kappa shape index (κ3) is 2.22. The van der Waals surface area contributed by atoms with Gasteiger partial charge < -0.3 is 9.88 Å². The van der Waals surface area contributed by atoms with Crippen molar-refractivity contribution in [3.05, 3.63) is 42.2 Å². The molecule has 0 aromatic carbocycles. The van der Waals surface area contributed by atoms with Crippen LogP contribution in [0, 0.1) is 0 Å². The number of hydrogen-bond donors (Lipinski definition) is 2. The number of nitrogens with one attached hydrogen (secondary N) is 2. The lowest BCUT2D eigenvalue weighted by Gasteiger charge is -2.27. The number of fused-ring (bicyclic) bond motifs is 1. The molecule has 0 radical (unpaired) electrons. The fourth-order valence-corrected chi connectivity index (χ4v) is 2.27. The molecule has 1 aliphatic heterocycles. The van der Waals surface area contributed by atoms with Gasteiger partial charge in [0, 0.05) is 38.1 Å². The van der Waals surface area contributed by atoms with Gasteiger partial charge in [0.2, 0.25) is 5.91 Å². The first-order valence-corrected chi connectivity index (χ1v) is 6.18. The van der Waals surface area contributed by atoms with Gasteiger partial charge in [-0.15, -0.1) is 0 Å². The van der Waals surface area contributed by atoms with E-state index in [1.54, 1.807) is 30.7 Å². The minimum Gasteiger partial charge on any atom is -0.347 e. The number of aromatic amines is 1. The second-order valence-electron chi connectivity index (χ2n) is 4.57. The summed E-state index contributed by atoms with van der Waals surface area (Å²) in [6, 6.07) is 3.41. The molecule has 6 nitrogen and oxygen atoms in total. The Balaban J connectivity index is 1.75. The Bertz CT molecular complexity index is 580. The number of amides is 1. The van der Waals surface area contributed by atoms with Gasteiger partial charge in [-0.25, -0.2) is 4.98 Å². The van der Waals surface area contributed by atoms with Crippen LogP contribution in [0.15, 0.2) is 30.9 Å². The average Bonchev–Trinajstić information content (AvgIpc) is 2.94. The first kappa shape index (κ1) is 11.9. The normalized spacial score (nSPS) is 17.8. The molecule has 0 saturated heterocycles. The van der Waals surface area contributed by atoms with Gasteiger partial charge in [0.25, 0.3) is 0 Å². The standard InChI is InChI=1S/C13H15N5O/c1-18(9-2-4-14-5-3-9)13(19)11-6-10-12(7-15-11)17-8-16-10/h2-5,8,11,15H,6-7H2,1H3,(H,16,17). The number of H-pyrrole nitrogens is 1. The lowest BCUT2D eigenvalue weighted by molar-refractivity contribution is -0.120. The zero-order chi connectivity index (χ0) is 13.2. The molecule has 2 N–H and O–H groups in total. The molecule has 0 fully saturated rings. The number of anilines is 1. The van der Waals surface area contributed by atoms with E-state index in [0.29, 0.717) is 13.0 Å². The lowest BCUT2D eigenvalue weighted by Crippen LogP contribution is -2.48. The van der Waals surface area contributed by atoms with Gasteiger partial charge in [0.15, 0.2) is 0 Å². The molecule has 1 amide bonds. The topological polar surface area (TPSA) is 73.9 Å². The molecular formula is C13H15N5O. The average molecular weight is 257 g/mol. The van der Waals surface area contributed by atoms with Crippen molar-refractivity contribution < 1.29 is 4.79 Å². The van der Waals surface area contributed by atoms with Crippen molar-refractivity contribution in [2.45, 2.75) is 19.0 Å². The van der Waals surface area contributed by atoms with Crippen LogP contribution >= 0.6 is 0 Å². The van der Waals surface area contributed by atoms with Crippen LogP contribution < -0.4 is 10.2 Å². The third-order valence-corrected chi connectivity index (χ3v) is 3.41. The van der Waals surface area contributed by atoms with Crippen molar-refractivity contribution in [3.63, 3.8) is 0 Å². The van der Waals surface area contributed by atoms with Crippen LogP contribution in [0.4, 0.5) is 5.69 Å². The molecule has 2 aromatic heterocycles. The van der Waals surface area contributed by atoms with Crippen molar-refractivity contribution in [1.82, 2.24) is 20.3 Å². The third-order valence-electron chi connectivity index (χ3n) is 3.41. The van der Waals surface area contributed by atoms with E-state index >= 15 is 0 Å². The molecule has 2 aromatic rings. The second kappa shape index (κ2) is 4.81. The van der Waals surface area contributed by atoms with Gasteiger partial charge in [0.05, 0.1) is 23.8 Å². The molecule has 3 heterocycles. The number of imidazole rings is 1. The van der Waals surface area contributed by atoms with Crippen LogP contribution in [-0.2, 0) is 17.8 Å². The van der Waals surface area contributed by atoms with Gasteiger partial charge in [-0.2, -0.15) is 0 Å². The number of nitrogens with zero attached hydrogens (tertiary/aromatic N) is 3. The van der Waals surface area contributed by atoms with Crippen molar-refractivity contribution in [1.29, 1.82) is 0 Å². The minimum absolute atomic E-state index is 0.0415. The minimum atomic E-state index is -0.228. The van der Waals surface area contributed by atoms with Crippen LogP contribution in [0.25, 0.3) is 0 Å². The van der Waals surface area contributed by atoms with E-state index in [0.717, 1.165) is 17.1 Å². The highest BCUT2D eigenvalue weighted by Gasteiger charge is 2.28. The zero-order valence-electron chi connectivity index (χ0n) is 10.6. The van der Waals surface area contributed by atoms with Gasteiger partial charge in [-0.1, -0.05) is 0 Å². The summed E-state index contributed by atoms with van der Waals surface area (Å²) >= 11 is 0. The van der Waals surface area contributed by atoms with E-state index in [4.69, 9.17) is 0 Å². The summed E-state index contributed by atoms with van der Waals surface area (Å²) in [6.07, 6.45) is 5.65. The lowest BCUT2D eigenvalue weighted by atomic mass is 10.0. The summed E-state index contributed by atoms with van der Waals surface area (Å²) in [5, 5.41) is 3.23. The van der Waals surface area contributed by atoms with Crippen molar-refractivity contribution >= 4 is 11.6 Å². The maximum Gasteiger partial charge on any atom is 0.244 e. The molecule has 1 unspecified atom stereocenters. The van der Waals surface area contributed by atoms with Gasteiger partial charge in [0.1, 0.15) is 0 Å². The summed E-state index contributed by atoms with van der Waals surface area (Å²) < 4.78 is 0. The number of aromatic nitrogens is 3. The van der Waals surface area contributed by atoms with Gasteiger partial charge in [-0.3, -0.25) is 15.1 Å². The highest BCUT2D eigenvalue weighted by molar-refractivity contribution is 5.96. The maximum absolute atomic E-state index is 12.4. The largest absolute Gasteiger partial charge is 0.347 e. The highest BCUT2D eigenvalue weighted by atomic mass is 16.2. The molecule has 98 valence electrons. The molecule has 19 heavy (non-hydrogen) atoms. The number of rotatable bonds is 2. The molecule has 0 saturated carbocycles. The van der Waals surface area contributed by atoms with Crippen molar-refractivity contribution in [3.8, 4) is 0 Å². The summed E-state index contributed by atoms with van der Waals surface area (Å²) in [7, 11) is 1.78. The smallest absolute Gasteiger partial charge is 0.244 e. The summed E-state index contributed by atoms with van der Waals surface area (Å²) in [5.74, 6) is 0.0415. The molecule has 1 atom stereocenters. The molecule has 0 spiro atoms. The van der Waals surface area contributed by atoms with E-state index in [9.17, 15) is 4.79 Å². The van der Waals surface area contributed by atoms with Crippen LogP contribution in [0.5, 0.6) is 0 Å². The zero-order valence-corrected chi connectivity index (χ0v) is 10.6. The summed E-state index contributed by atoms with van der Waals surface area (Å²) in [6.45, 7) is 0.649. The SMILES string of the molecule is CN(C(=O)C1Cc2nc[nH]c2CN1)c1ccncc1. The molecular weight excluding hydrogens is 242 g/mol. The van der Waals surface area contributed by atoms with Crippen LogP contribution in [0.1, 0.15) is 11.4 Å². The van der Waals surface area contributed by atoms with E-state index in [2.05, 4.69) is 20.3 Å². The predicted molar refractivity (Wildman–Crippen MR) is 70.6 cm³/mol. The first-order chi connectivity index (χ1) is 9.25. The fourth-order valence-electron chi connectivity index (χ4n) is 2.27. The summed E-state index contributed by atoms with van der Waals surface area (Å²) in [4.78, 5) is 25.4. The van der Waals surface area contributed by atoms with Crippen molar-refractivity contribution in [2.24, 2.45) is 0 Å². The Morgan fingerprint density at radius 1 is 1.42 bits per heavy atom. The van der Waals surface area contributed by atoms with Crippen molar-refractivity contribution in [2.75, 3.05) is 11.9 Å². The molecule has 1 aliphatic rings. The number of carbonyl (C=O) groups excluding carboxylic acids is 1. The van der Waals surface area contributed by atoms with E-state index in [-0.39, 0.29) is 11.9 Å². The maximum atomic E-state index is 12.4. The van der Waals surface area contributed by atoms with E-state index in [1.165, 1.54) is 0 Å². The predicted octanol–water partition coefficient (Wildman–Crippen LogP) is 0.482. The van der Waals surface area contributed by atoms with Crippen LogP contribution in [0.3, 0.4) is 0 Å². The first-order valence-electron chi connectivity index (χ1n) is 6.18. The van der Waals surface area contributed by atoms with E-state index in [1.807, 2.05) is 12.1 Å². The molecule has 6 heteroatoms. The van der Waals surface area contributed by atoms with Gasteiger partial charge in [-0.05, 0) is 12.1 Å². The Labute approximate surface area is 110 Å². The number of pyridine rings is 1. The fraction of sp³-hybridized carbons (Fsp3) is 0.308. The Kier molecular flexibility index (Phi) is 3.00. The quantitative estimate of drug-likeness (QED) is 0.820. The highest BCUT2D eigenvalue weighted by Crippen LogP contribution is 2.16. The Morgan fingerprint density at radius 3 is 3.00 bits per heavy atom. The van der Waals surface area contributed by atoms with Gasteiger partial charge >= 0.3 is 0 Å². The van der Waals surface area contributed by atoms with Crippen LogP contribution in [0.2, 0.25) is 0 Å². The molecule has 3 rings (SSSR count). The number of hydrogen-bond acceptors (Lipinski definition) is 4. The number of likely N-dealkylation sites (N-methyl/N-ethyl adjacent to an activating group) is 1. The summed E-state index contributed by atoms with van der Waals surface area (Å²) in [5.41, 5.74) is 2.88. The molecule has 0 aliphatic carbocycles. The molecule has 0 bridgehead atoms. The number of carbonyl (C=O) groups is 1. The van der Waals surface area contributed by atoms with E-state index < -0.39 is 0 Å². The monoisotopic (exact) mass is 257 g/mol. The Hall–Kier alpha value is -2.21. The Morgan fingerprint density at radius 2 is 2.21 bits per heavy atom. The second-order valence-corrected chi connectivity index (χ2v) is 4.57. The van der Waals surface area contributed by atoms with Crippen LogP contribution in [-0.4, -0.2) is 33.9 Å².